The van der Waals surface area contributed by atoms with E-state index in [-0.39, 0.29) is 22.9 Å². The van der Waals surface area contributed by atoms with Crippen LogP contribution in [0.15, 0.2) is 36.7 Å². The van der Waals surface area contributed by atoms with Crippen LogP contribution >= 0.6 is 0 Å². The van der Waals surface area contributed by atoms with Crippen LogP contribution in [0.25, 0.3) is 0 Å². The lowest BCUT2D eigenvalue weighted by Crippen LogP contribution is -2.40. The Balaban J connectivity index is 2.42. The van der Waals surface area contributed by atoms with Crippen LogP contribution < -0.4 is 15.8 Å². The van der Waals surface area contributed by atoms with Crippen molar-refractivity contribution in [2.75, 3.05) is 17.4 Å². The molecule has 2 rings (SSSR count). The van der Waals surface area contributed by atoms with Gasteiger partial charge in [0.05, 0.1) is 4.92 Å². The number of nitrogens with one attached hydrogen (secondary N) is 2. The van der Waals surface area contributed by atoms with Gasteiger partial charge in [0.1, 0.15) is 6.33 Å². The molecule has 0 atom stereocenters. The molecule has 0 fully saturated rings. The third-order valence-electron chi connectivity index (χ3n) is 3.00. The smallest absolute Gasteiger partial charge is 0.324 e. The zero-order valence-electron chi connectivity index (χ0n) is 13.6. The molecule has 0 saturated carbocycles. The Morgan fingerprint density at radius 3 is 2.39 bits per heavy atom. The van der Waals surface area contributed by atoms with Crippen molar-refractivity contribution in [2.24, 2.45) is 0 Å². The van der Waals surface area contributed by atoms with E-state index >= 15 is 0 Å². The molecule has 122 valence electrons. The maximum atomic E-state index is 11.5. The largest absolute Gasteiger partial charge is 0.355 e. The van der Waals surface area contributed by atoms with E-state index in [9.17, 15) is 10.1 Å². The van der Waals surface area contributed by atoms with Crippen molar-refractivity contribution < 1.29 is 4.92 Å². The van der Waals surface area contributed by atoms with Gasteiger partial charge in [-0.3, -0.25) is 15.5 Å². The van der Waals surface area contributed by atoms with Crippen LogP contribution in [-0.2, 0) is 0 Å². The van der Waals surface area contributed by atoms with Gasteiger partial charge in [-0.15, -0.1) is 0 Å². The van der Waals surface area contributed by atoms with Gasteiger partial charge in [-0.25, -0.2) is 15.4 Å². The Morgan fingerprint density at radius 1 is 1.17 bits per heavy atom. The van der Waals surface area contributed by atoms with Crippen molar-refractivity contribution in [1.82, 2.24) is 15.4 Å². The summed E-state index contributed by atoms with van der Waals surface area (Å²) in [5, 5.41) is 11.5. The Labute approximate surface area is 134 Å². The highest BCUT2D eigenvalue weighted by Crippen LogP contribution is 2.34. The predicted molar refractivity (Wildman–Crippen MR) is 89.7 cm³/mol. The van der Waals surface area contributed by atoms with Crippen molar-refractivity contribution in [3.05, 3.63) is 46.8 Å². The molecule has 1 aromatic carbocycles. The van der Waals surface area contributed by atoms with Crippen LogP contribution in [0.3, 0.4) is 0 Å². The van der Waals surface area contributed by atoms with Crippen LogP contribution in [-0.4, -0.2) is 27.5 Å². The minimum atomic E-state index is -0.485. The second-order valence-corrected chi connectivity index (χ2v) is 6.05. The average Bonchev–Trinajstić information content (AvgIpc) is 2.51. The van der Waals surface area contributed by atoms with Gasteiger partial charge in [-0.1, -0.05) is 18.2 Å². The number of nitro groups is 1. The molecule has 8 nitrogen and oxygen atoms in total. The Hall–Kier alpha value is -2.74. The molecule has 0 unspecified atom stereocenters. The lowest BCUT2D eigenvalue weighted by Gasteiger charge is -2.22. The first-order valence-electron chi connectivity index (χ1n) is 7.11. The van der Waals surface area contributed by atoms with Gasteiger partial charge in [0.15, 0.2) is 0 Å². The number of hydrogen-bond acceptors (Lipinski definition) is 7. The standard InChI is InChI=1S/C15H20N6O2/c1-15(2,3)19-18-13-12(21(22)23)14(17-10-16-13)20(4)11-8-6-5-7-9-11/h5-10,19H,1-4H3,(H,16,17,18). The fourth-order valence-corrected chi connectivity index (χ4v) is 1.90. The quantitative estimate of drug-likeness (QED) is 0.646. The first kappa shape index (κ1) is 16.6. The summed E-state index contributed by atoms with van der Waals surface area (Å²) >= 11 is 0. The van der Waals surface area contributed by atoms with E-state index in [1.807, 2.05) is 51.1 Å². The zero-order chi connectivity index (χ0) is 17.0. The molecule has 0 saturated heterocycles. The summed E-state index contributed by atoms with van der Waals surface area (Å²) < 4.78 is 0. The second-order valence-electron chi connectivity index (χ2n) is 6.05. The van der Waals surface area contributed by atoms with Crippen molar-refractivity contribution in [3.8, 4) is 0 Å². The van der Waals surface area contributed by atoms with Crippen LogP contribution in [0.1, 0.15) is 20.8 Å². The first-order valence-corrected chi connectivity index (χ1v) is 7.11. The fourth-order valence-electron chi connectivity index (χ4n) is 1.90. The summed E-state index contributed by atoms with van der Waals surface area (Å²) in [4.78, 5) is 20.8. The summed E-state index contributed by atoms with van der Waals surface area (Å²) in [6.07, 6.45) is 1.30. The van der Waals surface area contributed by atoms with Crippen LogP contribution in [0.2, 0.25) is 0 Å². The Morgan fingerprint density at radius 2 is 1.83 bits per heavy atom. The summed E-state index contributed by atoms with van der Waals surface area (Å²) in [7, 11) is 1.73. The highest BCUT2D eigenvalue weighted by molar-refractivity contribution is 5.74. The van der Waals surface area contributed by atoms with Crippen LogP contribution in [0.4, 0.5) is 23.0 Å². The van der Waals surface area contributed by atoms with Crippen LogP contribution in [0.5, 0.6) is 0 Å². The average molecular weight is 316 g/mol. The molecule has 2 N–H and O–H groups in total. The number of aromatic nitrogens is 2. The number of rotatable bonds is 5. The maximum Gasteiger partial charge on any atom is 0.355 e. The molecule has 0 aliphatic heterocycles. The van der Waals surface area contributed by atoms with Gasteiger partial charge in [0.2, 0.25) is 11.6 Å². The van der Waals surface area contributed by atoms with Crippen molar-refractivity contribution in [1.29, 1.82) is 0 Å². The Bertz CT molecular complexity index is 684. The molecule has 0 spiro atoms. The molecule has 0 amide bonds. The first-order chi connectivity index (χ1) is 10.8. The number of hydrogen-bond donors (Lipinski definition) is 2. The fraction of sp³-hybridized carbons (Fsp3) is 0.333. The lowest BCUT2D eigenvalue weighted by molar-refractivity contribution is -0.383. The monoisotopic (exact) mass is 316 g/mol. The second kappa shape index (κ2) is 6.57. The molecular formula is C15H20N6O2. The summed E-state index contributed by atoms with van der Waals surface area (Å²) in [6.45, 7) is 5.80. The molecule has 2 aromatic rings. The SMILES string of the molecule is CN(c1ccccc1)c1ncnc(NNC(C)(C)C)c1[N+](=O)[O-]. The normalized spacial score (nSPS) is 11.1. The molecule has 23 heavy (non-hydrogen) atoms. The van der Waals surface area contributed by atoms with Gasteiger partial charge in [0, 0.05) is 18.3 Å². The molecule has 0 radical (unpaired) electrons. The van der Waals surface area contributed by atoms with E-state index in [1.165, 1.54) is 6.33 Å². The summed E-state index contributed by atoms with van der Waals surface area (Å²) in [5.74, 6) is 0.340. The third kappa shape index (κ3) is 4.13. The summed E-state index contributed by atoms with van der Waals surface area (Å²) in [6, 6.07) is 9.31. The van der Waals surface area contributed by atoms with E-state index in [4.69, 9.17) is 0 Å². The number of benzene rings is 1. The molecular weight excluding hydrogens is 296 g/mol. The van der Waals surface area contributed by atoms with E-state index in [1.54, 1.807) is 11.9 Å². The topological polar surface area (TPSA) is 96.2 Å². The van der Waals surface area contributed by atoms with Crippen molar-refractivity contribution >= 4 is 23.0 Å². The number of anilines is 3. The van der Waals surface area contributed by atoms with E-state index in [2.05, 4.69) is 20.8 Å². The highest BCUT2D eigenvalue weighted by Gasteiger charge is 2.26. The minimum Gasteiger partial charge on any atom is -0.324 e. The molecule has 8 heteroatoms. The van der Waals surface area contributed by atoms with Crippen molar-refractivity contribution in [3.63, 3.8) is 0 Å². The van der Waals surface area contributed by atoms with E-state index < -0.39 is 4.92 Å². The molecule has 1 heterocycles. The number of nitrogens with zero attached hydrogens (tertiary/aromatic N) is 4. The lowest BCUT2D eigenvalue weighted by atomic mass is 10.1. The highest BCUT2D eigenvalue weighted by atomic mass is 16.6. The van der Waals surface area contributed by atoms with Gasteiger partial charge < -0.3 is 4.90 Å². The van der Waals surface area contributed by atoms with Gasteiger partial charge in [-0.2, -0.15) is 0 Å². The van der Waals surface area contributed by atoms with Crippen LogP contribution in [0, 0.1) is 10.1 Å². The Kier molecular flexibility index (Phi) is 4.75. The summed E-state index contributed by atoms with van der Waals surface area (Å²) in [5.41, 5.74) is 6.13. The molecule has 0 aliphatic rings. The van der Waals surface area contributed by atoms with E-state index in [0.717, 1.165) is 5.69 Å². The molecule has 1 aromatic heterocycles. The van der Waals surface area contributed by atoms with Gasteiger partial charge in [-0.05, 0) is 32.9 Å². The predicted octanol–water partition coefficient (Wildman–Crippen LogP) is 2.87. The maximum absolute atomic E-state index is 11.5. The zero-order valence-corrected chi connectivity index (χ0v) is 13.6. The van der Waals surface area contributed by atoms with E-state index in [0.29, 0.717) is 0 Å². The third-order valence-corrected chi connectivity index (χ3v) is 3.00. The number of hydrazine groups is 1. The van der Waals surface area contributed by atoms with Gasteiger partial charge >= 0.3 is 5.69 Å². The van der Waals surface area contributed by atoms with Gasteiger partial charge in [0.25, 0.3) is 0 Å². The van der Waals surface area contributed by atoms with Crippen molar-refractivity contribution in [2.45, 2.75) is 26.3 Å². The number of para-hydroxylation sites is 1. The minimum absolute atomic E-state index is 0.123. The molecule has 0 bridgehead atoms. The molecule has 0 aliphatic carbocycles.